The zero-order chi connectivity index (χ0) is 17.9. The summed E-state index contributed by atoms with van der Waals surface area (Å²) in [5.74, 6) is 0.327. The van der Waals surface area contributed by atoms with E-state index in [0.29, 0.717) is 13.2 Å². The molecule has 1 fully saturated rings. The Hall–Kier alpha value is -2.84. The van der Waals surface area contributed by atoms with Crippen LogP contribution in [0.3, 0.4) is 0 Å². The van der Waals surface area contributed by atoms with Crippen molar-refractivity contribution in [3.8, 4) is 11.3 Å². The molecular weight excluding hydrogens is 335 g/mol. The molecule has 8 heteroatoms. The second-order valence-corrected chi connectivity index (χ2v) is 6.06. The highest BCUT2D eigenvalue weighted by Gasteiger charge is 2.17. The van der Waals surface area contributed by atoms with Gasteiger partial charge in [-0.2, -0.15) is 4.39 Å². The minimum atomic E-state index is -0.515. The molecule has 0 aromatic carbocycles. The maximum absolute atomic E-state index is 13.2. The normalized spacial score (nSPS) is 19.8. The van der Waals surface area contributed by atoms with Crippen molar-refractivity contribution < 1.29 is 9.13 Å². The first-order chi connectivity index (χ1) is 12.7. The zero-order valence-electron chi connectivity index (χ0n) is 14.1. The Morgan fingerprint density at radius 2 is 2.04 bits per heavy atom. The SMILES string of the molecule is NC1N=CC(c2cc(-c3ccc(F)nc3)nc(N3CCOCC3)c2)=CN1. The Balaban J connectivity index is 1.76. The maximum atomic E-state index is 13.2. The van der Waals surface area contributed by atoms with Gasteiger partial charge in [0.2, 0.25) is 5.95 Å². The minimum Gasteiger partial charge on any atom is -0.378 e. The maximum Gasteiger partial charge on any atom is 0.212 e. The fourth-order valence-electron chi connectivity index (χ4n) is 2.89. The van der Waals surface area contributed by atoms with Gasteiger partial charge in [-0.15, -0.1) is 0 Å². The predicted molar refractivity (Wildman–Crippen MR) is 98.0 cm³/mol. The molecule has 134 valence electrons. The number of halogens is 1. The van der Waals surface area contributed by atoms with Gasteiger partial charge in [0.1, 0.15) is 5.82 Å². The van der Waals surface area contributed by atoms with Crippen molar-refractivity contribution in [2.45, 2.75) is 6.29 Å². The Bertz CT molecular complexity index is 845. The van der Waals surface area contributed by atoms with Crippen LogP contribution >= 0.6 is 0 Å². The fourth-order valence-corrected chi connectivity index (χ4v) is 2.89. The number of pyridine rings is 2. The molecule has 0 spiro atoms. The number of morpholine rings is 1. The lowest BCUT2D eigenvalue weighted by atomic mass is 10.0. The van der Waals surface area contributed by atoms with Crippen molar-refractivity contribution in [3.63, 3.8) is 0 Å². The van der Waals surface area contributed by atoms with Crippen LogP contribution in [0.5, 0.6) is 0 Å². The van der Waals surface area contributed by atoms with Crippen molar-refractivity contribution in [1.82, 2.24) is 15.3 Å². The highest BCUT2D eigenvalue weighted by molar-refractivity contribution is 6.10. The summed E-state index contributed by atoms with van der Waals surface area (Å²) in [6.45, 7) is 2.88. The Labute approximate surface area is 150 Å². The molecule has 2 aromatic rings. The van der Waals surface area contributed by atoms with E-state index in [1.807, 2.05) is 18.3 Å². The van der Waals surface area contributed by atoms with Crippen LogP contribution in [0.4, 0.5) is 10.2 Å². The average molecular weight is 354 g/mol. The molecule has 2 aliphatic rings. The third-order valence-electron chi connectivity index (χ3n) is 4.29. The summed E-state index contributed by atoms with van der Waals surface area (Å²) < 4.78 is 18.6. The Morgan fingerprint density at radius 3 is 2.73 bits per heavy atom. The van der Waals surface area contributed by atoms with Crippen molar-refractivity contribution in [2.75, 3.05) is 31.2 Å². The van der Waals surface area contributed by atoms with Crippen LogP contribution in [0.1, 0.15) is 5.56 Å². The van der Waals surface area contributed by atoms with Gasteiger partial charge in [-0.1, -0.05) is 0 Å². The van der Waals surface area contributed by atoms with Gasteiger partial charge in [-0.25, -0.2) is 9.97 Å². The van der Waals surface area contributed by atoms with Gasteiger partial charge in [-0.3, -0.25) is 10.7 Å². The van der Waals surface area contributed by atoms with Crippen molar-refractivity contribution in [2.24, 2.45) is 10.7 Å². The molecule has 0 bridgehead atoms. The number of rotatable bonds is 3. The van der Waals surface area contributed by atoms with Crippen molar-refractivity contribution in [3.05, 3.63) is 48.2 Å². The summed E-state index contributed by atoms with van der Waals surface area (Å²) in [6.07, 6.45) is 4.64. The van der Waals surface area contributed by atoms with Gasteiger partial charge in [0, 0.05) is 42.8 Å². The Kier molecular flexibility index (Phi) is 4.59. The molecular formula is C18H19FN6O. The number of nitrogens with one attached hydrogen (secondary N) is 1. The molecule has 1 unspecified atom stereocenters. The lowest BCUT2D eigenvalue weighted by Gasteiger charge is -2.28. The number of hydrogen-bond acceptors (Lipinski definition) is 7. The van der Waals surface area contributed by atoms with E-state index < -0.39 is 12.2 Å². The number of nitrogens with two attached hydrogens (primary N) is 1. The van der Waals surface area contributed by atoms with Gasteiger partial charge in [0.25, 0.3) is 0 Å². The largest absolute Gasteiger partial charge is 0.378 e. The highest BCUT2D eigenvalue weighted by Crippen LogP contribution is 2.27. The number of ether oxygens (including phenoxy) is 1. The molecule has 0 saturated carbocycles. The van der Waals surface area contributed by atoms with E-state index in [9.17, 15) is 4.39 Å². The summed E-state index contributed by atoms with van der Waals surface area (Å²) >= 11 is 0. The summed E-state index contributed by atoms with van der Waals surface area (Å²) in [5.41, 5.74) is 9.05. The molecule has 0 aliphatic carbocycles. The first-order valence-electron chi connectivity index (χ1n) is 8.41. The van der Waals surface area contributed by atoms with Gasteiger partial charge < -0.3 is 15.0 Å². The van der Waals surface area contributed by atoms with E-state index in [1.165, 1.54) is 12.3 Å². The second-order valence-electron chi connectivity index (χ2n) is 6.06. The quantitative estimate of drug-likeness (QED) is 0.810. The van der Waals surface area contributed by atoms with E-state index in [-0.39, 0.29) is 0 Å². The number of anilines is 1. The molecule has 2 aliphatic heterocycles. The lowest BCUT2D eigenvalue weighted by Crippen LogP contribution is -2.37. The first kappa shape index (κ1) is 16.6. The number of nitrogens with zero attached hydrogens (tertiary/aromatic N) is 4. The summed E-state index contributed by atoms with van der Waals surface area (Å²) in [4.78, 5) is 14.9. The van der Waals surface area contributed by atoms with Gasteiger partial charge in [0.05, 0.1) is 18.9 Å². The number of hydrogen-bond donors (Lipinski definition) is 2. The molecule has 2 aromatic heterocycles. The summed E-state index contributed by atoms with van der Waals surface area (Å²) in [7, 11) is 0. The topological polar surface area (TPSA) is 88.7 Å². The third kappa shape index (κ3) is 3.56. The number of aliphatic imine (C=N–C) groups is 1. The molecule has 1 saturated heterocycles. The zero-order valence-corrected chi connectivity index (χ0v) is 14.1. The Morgan fingerprint density at radius 1 is 1.19 bits per heavy atom. The number of allylic oxidation sites excluding steroid dienone is 1. The van der Waals surface area contributed by atoms with Crippen molar-refractivity contribution >= 4 is 17.6 Å². The molecule has 0 amide bonds. The van der Waals surface area contributed by atoms with Crippen LogP contribution in [-0.4, -0.2) is 48.8 Å². The van der Waals surface area contributed by atoms with E-state index >= 15 is 0 Å². The van der Waals surface area contributed by atoms with Gasteiger partial charge in [0.15, 0.2) is 6.29 Å². The third-order valence-corrected chi connectivity index (χ3v) is 4.29. The van der Waals surface area contributed by atoms with Crippen LogP contribution in [0.2, 0.25) is 0 Å². The first-order valence-corrected chi connectivity index (χ1v) is 8.41. The molecule has 26 heavy (non-hydrogen) atoms. The monoisotopic (exact) mass is 354 g/mol. The van der Waals surface area contributed by atoms with Crippen LogP contribution in [0.25, 0.3) is 16.8 Å². The smallest absolute Gasteiger partial charge is 0.212 e. The van der Waals surface area contributed by atoms with Crippen LogP contribution in [-0.2, 0) is 4.74 Å². The molecule has 7 nitrogen and oxygen atoms in total. The van der Waals surface area contributed by atoms with E-state index in [1.54, 1.807) is 12.3 Å². The lowest BCUT2D eigenvalue weighted by molar-refractivity contribution is 0.122. The van der Waals surface area contributed by atoms with E-state index in [0.717, 1.165) is 41.3 Å². The molecule has 4 heterocycles. The summed E-state index contributed by atoms with van der Waals surface area (Å²) in [5, 5.41) is 3.00. The van der Waals surface area contributed by atoms with E-state index in [2.05, 4.69) is 20.2 Å². The highest BCUT2D eigenvalue weighted by atomic mass is 19.1. The van der Waals surface area contributed by atoms with Gasteiger partial charge >= 0.3 is 0 Å². The number of aromatic nitrogens is 2. The average Bonchev–Trinajstić information content (AvgIpc) is 2.69. The van der Waals surface area contributed by atoms with Crippen LogP contribution < -0.4 is 16.0 Å². The molecule has 3 N–H and O–H groups in total. The molecule has 0 radical (unpaired) electrons. The van der Waals surface area contributed by atoms with E-state index in [4.69, 9.17) is 15.5 Å². The van der Waals surface area contributed by atoms with Gasteiger partial charge in [-0.05, 0) is 29.8 Å². The fraction of sp³-hybridized carbons (Fsp3) is 0.278. The van der Waals surface area contributed by atoms with Crippen LogP contribution in [0.15, 0.2) is 41.7 Å². The predicted octanol–water partition coefficient (Wildman–Crippen LogP) is 1.38. The minimum absolute atomic E-state index is 0.430. The molecule has 4 rings (SSSR count). The second kappa shape index (κ2) is 7.19. The summed E-state index contributed by atoms with van der Waals surface area (Å²) in [6, 6.07) is 6.96. The van der Waals surface area contributed by atoms with Crippen molar-refractivity contribution in [1.29, 1.82) is 0 Å². The molecule has 1 atom stereocenters. The van der Waals surface area contributed by atoms with Crippen LogP contribution in [0, 0.1) is 5.95 Å². The standard InChI is InChI=1S/C18H19FN6O/c19-16-2-1-12(9-21-16)15-7-13(14-10-22-18(20)23-11-14)8-17(24-15)25-3-5-26-6-4-25/h1-2,7-11,18,22H,3-6,20H2.